The van der Waals surface area contributed by atoms with Crippen molar-refractivity contribution in [2.24, 2.45) is 0 Å². The molecule has 0 amide bonds. The normalized spacial score (nSPS) is 11.3. The lowest BCUT2D eigenvalue weighted by Crippen LogP contribution is -2.11. The zero-order valence-electron chi connectivity index (χ0n) is 15.8. The van der Waals surface area contributed by atoms with Gasteiger partial charge in [0, 0.05) is 17.3 Å². The van der Waals surface area contributed by atoms with Crippen molar-refractivity contribution in [3.63, 3.8) is 0 Å². The van der Waals surface area contributed by atoms with Crippen molar-refractivity contribution in [2.45, 2.75) is 32.6 Å². The lowest BCUT2D eigenvalue weighted by Gasteiger charge is -2.19. The molecule has 0 saturated heterocycles. The Morgan fingerprint density at radius 2 is 1.67 bits per heavy atom. The Balaban J connectivity index is 1.57. The van der Waals surface area contributed by atoms with Crippen molar-refractivity contribution in [3.05, 3.63) is 70.9 Å². The molecule has 2 N–H and O–H groups in total. The molecule has 140 valence electrons. The Morgan fingerprint density at radius 1 is 0.963 bits per heavy atom. The summed E-state index contributed by atoms with van der Waals surface area (Å²) in [6.45, 7) is 7.32. The molecule has 0 fully saturated rings. The summed E-state index contributed by atoms with van der Waals surface area (Å²) < 4.78 is 0. The van der Waals surface area contributed by atoms with Crippen LogP contribution < -0.4 is 10.6 Å². The minimum absolute atomic E-state index is 0.135. The molecule has 0 radical (unpaired) electrons. The van der Waals surface area contributed by atoms with Crippen LogP contribution in [0.5, 0.6) is 0 Å². The fourth-order valence-corrected chi connectivity index (χ4v) is 2.74. The Bertz CT molecular complexity index is 870. The third-order valence-electron chi connectivity index (χ3n) is 4.19. The first-order chi connectivity index (χ1) is 12.9. The second-order valence-electron chi connectivity index (χ2n) is 7.42. The van der Waals surface area contributed by atoms with Gasteiger partial charge in [0.2, 0.25) is 5.95 Å². The van der Waals surface area contributed by atoms with Crippen LogP contribution in [-0.2, 0) is 11.8 Å². The summed E-state index contributed by atoms with van der Waals surface area (Å²) in [5.74, 6) is 1.16. The van der Waals surface area contributed by atoms with Crippen molar-refractivity contribution >= 4 is 29.1 Å². The van der Waals surface area contributed by atoms with Crippen LogP contribution in [-0.4, -0.2) is 21.7 Å². The number of rotatable bonds is 6. The van der Waals surface area contributed by atoms with Gasteiger partial charge in [-0.05, 0) is 47.2 Å². The molecule has 0 saturated carbocycles. The maximum atomic E-state index is 5.91. The molecule has 5 nitrogen and oxygen atoms in total. The standard InChI is InChI=1S/C21H24ClN5/c1-21(2,3)16-6-10-18(11-7-16)25-19-14-24-27-20(26-19)23-13-12-15-4-8-17(22)9-5-15/h4-11,14H,12-13H2,1-3H3,(H2,23,25,26,27). The second-order valence-corrected chi connectivity index (χ2v) is 7.86. The van der Waals surface area contributed by atoms with Crippen molar-refractivity contribution < 1.29 is 0 Å². The van der Waals surface area contributed by atoms with Gasteiger partial charge in [0.15, 0.2) is 5.82 Å². The highest BCUT2D eigenvalue weighted by atomic mass is 35.5. The van der Waals surface area contributed by atoms with E-state index in [-0.39, 0.29) is 5.41 Å². The number of hydrogen-bond acceptors (Lipinski definition) is 5. The minimum Gasteiger partial charge on any atom is -0.353 e. The van der Waals surface area contributed by atoms with Gasteiger partial charge in [-0.2, -0.15) is 10.1 Å². The average molecular weight is 382 g/mol. The van der Waals surface area contributed by atoms with Crippen molar-refractivity contribution in [1.29, 1.82) is 0 Å². The fraction of sp³-hybridized carbons (Fsp3) is 0.286. The van der Waals surface area contributed by atoms with E-state index in [1.807, 2.05) is 24.3 Å². The van der Waals surface area contributed by atoms with E-state index in [1.165, 1.54) is 11.1 Å². The summed E-state index contributed by atoms with van der Waals surface area (Å²) in [5, 5.41) is 15.3. The van der Waals surface area contributed by atoms with E-state index >= 15 is 0 Å². The molecule has 3 aromatic rings. The van der Waals surface area contributed by atoms with E-state index in [0.29, 0.717) is 18.3 Å². The Labute approximate surface area is 165 Å². The first-order valence-electron chi connectivity index (χ1n) is 8.96. The molecule has 0 spiro atoms. The van der Waals surface area contributed by atoms with Gasteiger partial charge in [0.05, 0.1) is 6.20 Å². The van der Waals surface area contributed by atoms with Crippen LogP contribution in [0.25, 0.3) is 0 Å². The number of halogens is 1. The highest BCUT2D eigenvalue weighted by Gasteiger charge is 2.12. The monoisotopic (exact) mass is 381 g/mol. The molecule has 2 aromatic carbocycles. The summed E-state index contributed by atoms with van der Waals surface area (Å²) >= 11 is 5.91. The van der Waals surface area contributed by atoms with Gasteiger partial charge in [-0.1, -0.05) is 56.6 Å². The van der Waals surface area contributed by atoms with Gasteiger partial charge in [-0.3, -0.25) is 0 Å². The quantitative estimate of drug-likeness (QED) is 0.612. The van der Waals surface area contributed by atoms with E-state index in [0.717, 1.165) is 17.1 Å². The van der Waals surface area contributed by atoms with Crippen LogP contribution in [0.2, 0.25) is 5.02 Å². The van der Waals surface area contributed by atoms with Crippen LogP contribution in [0.1, 0.15) is 31.9 Å². The molecule has 6 heteroatoms. The van der Waals surface area contributed by atoms with Crippen molar-refractivity contribution in [1.82, 2.24) is 15.2 Å². The number of nitrogens with one attached hydrogen (secondary N) is 2. The Kier molecular flexibility index (Phi) is 5.91. The second kappa shape index (κ2) is 8.35. The first kappa shape index (κ1) is 19.1. The molecule has 3 rings (SSSR count). The molecule has 1 aromatic heterocycles. The number of aromatic nitrogens is 3. The predicted octanol–water partition coefficient (Wildman–Crippen LogP) is 5.22. The third-order valence-corrected chi connectivity index (χ3v) is 4.44. The maximum absolute atomic E-state index is 5.91. The molecule has 0 atom stereocenters. The van der Waals surface area contributed by atoms with E-state index < -0.39 is 0 Å². The van der Waals surface area contributed by atoms with Crippen molar-refractivity contribution in [3.8, 4) is 0 Å². The van der Waals surface area contributed by atoms with E-state index in [9.17, 15) is 0 Å². The molecule has 27 heavy (non-hydrogen) atoms. The maximum Gasteiger partial charge on any atom is 0.244 e. The molecule has 1 heterocycles. The smallest absolute Gasteiger partial charge is 0.244 e. The molecule has 0 aliphatic rings. The summed E-state index contributed by atoms with van der Waals surface area (Å²) in [5.41, 5.74) is 3.60. The zero-order chi connectivity index (χ0) is 19.3. The molecular formula is C21H24ClN5. The molecule has 0 unspecified atom stereocenters. The van der Waals surface area contributed by atoms with Crippen LogP contribution >= 0.6 is 11.6 Å². The Morgan fingerprint density at radius 3 is 2.33 bits per heavy atom. The minimum atomic E-state index is 0.135. The van der Waals surface area contributed by atoms with Gasteiger partial charge >= 0.3 is 0 Å². The average Bonchev–Trinajstić information content (AvgIpc) is 2.63. The lowest BCUT2D eigenvalue weighted by molar-refractivity contribution is 0.590. The predicted molar refractivity (Wildman–Crippen MR) is 112 cm³/mol. The van der Waals surface area contributed by atoms with Crippen LogP contribution in [0.15, 0.2) is 54.7 Å². The molecule has 0 aliphatic heterocycles. The van der Waals surface area contributed by atoms with Gasteiger partial charge in [0.1, 0.15) is 0 Å². The zero-order valence-corrected chi connectivity index (χ0v) is 16.6. The van der Waals surface area contributed by atoms with E-state index in [1.54, 1.807) is 6.20 Å². The SMILES string of the molecule is CC(C)(C)c1ccc(Nc2cnnc(NCCc3ccc(Cl)cc3)n2)cc1. The number of anilines is 3. The summed E-state index contributed by atoms with van der Waals surface area (Å²) in [4.78, 5) is 4.47. The van der Waals surface area contributed by atoms with E-state index in [4.69, 9.17) is 11.6 Å². The van der Waals surface area contributed by atoms with Gasteiger partial charge in [-0.15, -0.1) is 5.10 Å². The first-order valence-corrected chi connectivity index (χ1v) is 9.33. The van der Waals surface area contributed by atoms with Gasteiger partial charge in [0.25, 0.3) is 0 Å². The number of hydrogen-bond donors (Lipinski definition) is 2. The third kappa shape index (κ3) is 5.66. The van der Waals surface area contributed by atoms with Gasteiger partial charge in [-0.25, -0.2) is 0 Å². The number of benzene rings is 2. The van der Waals surface area contributed by atoms with Crippen LogP contribution in [0, 0.1) is 0 Å². The van der Waals surface area contributed by atoms with Crippen LogP contribution in [0.3, 0.4) is 0 Å². The highest BCUT2D eigenvalue weighted by Crippen LogP contribution is 2.24. The lowest BCUT2D eigenvalue weighted by atomic mass is 9.87. The summed E-state index contributed by atoms with van der Waals surface area (Å²) in [7, 11) is 0. The number of nitrogens with zero attached hydrogens (tertiary/aromatic N) is 3. The van der Waals surface area contributed by atoms with E-state index in [2.05, 4.69) is 70.9 Å². The van der Waals surface area contributed by atoms with Crippen molar-refractivity contribution in [2.75, 3.05) is 17.2 Å². The molecule has 0 bridgehead atoms. The molecule has 0 aliphatic carbocycles. The van der Waals surface area contributed by atoms with Gasteiger partial charge < -0.3 is 10.6 Å². The Hall–Kier alpha value is -2.66. The summed E-state index contributed by atoms with van der Waals surface area (Å²) in [6, 6.07) is 16.2. The van der Waals surface area contributed by atoms with Crippen LogP contribution in [0.4, 0.5) is 17.5 Å². The largest absolute Gasteiger partial charge is 0.353 e. The fourth-order valence-electron chi connectivity index (χ4n) is 2.61. The highest BCUT2D eigenvalue weighted by molar-refractivity contribution is 6.30. The topological polar surface area (TPSA) is 62.7 Å². The summed E-state index contributed by atoms with van der Waals surface area (Å²) in [6.07, 6.45) is 2.47. The molecular weight excluding hydrogens is 358 g/mol.